The molecule has 112 valence electrons. The van der Waals surface area contributed by atoms with Crippen molar-refractivity contribution < 1.29 is 9.53 Å². The number of nitrogens with zero attached hydrogens (tertiary/aromatic N) is 1. The SMILES string of the molecule is C#CCOCC1CCN(C(=O)CSC2CCCC2)CC1. The van der Waals surface area contributed by atoms with Crippen LogP contribution in [0, 0.1) is 18.3 Å². The molecular weight excluding hydrogens is 270 g/mol. The fraction of sp³-hybridized carbons (Fsp3) is 0.812. The number of likely N-dealkylation sites (tertiary alicyclic amines) is 1. The maximum absolute atomic E-state index is 12.2. The molecular formula is C16H25NO2S. The van der Waals surface area contributed by atoms with Crippen LogP contribution in [0.4, 0.5) is 0 Å². The van der Waals surface area contributed by atoms with Crippen LogP contribution in [0.5, 0.6) is 0 Å². The molecule has 0 aromatic carbocycles. The first-order valence-corrected chi connectivity index (χ1v) is 8.75. The summed E-state index contributed by atoms with van der Waals surface area (Å²) in [4.78, 5) is 14.2. The van der Waals surface area contributed by atoms with Gasteiger partial charge in [0.15, 0.2) is 0 Å². The molecule has 1 heterocycles. The Morgan fingerprint density at radius 1 is 1.25 bits per heavy atom. The van der Waals surface area contributed by atoms with Gasteiger partial charge in [-0.05, 0) is 31.6 Å². The number of thioether (sulfide) groups is 1. The second kappa shape index (κ2) is 8.59. The normalized spacial score (nSPS) is 21.1. The van der Waals surface area contributed by atoms with Gasteiger partial charge < -0.3 is 9.64 Å². The Morgan fingerprint density at radius 2 is 1.95 bits per heavy atom. The Labute approximate surface area is 126 Å². The molecule has 1 amide bonds. The molecule has 2 rings (SSSR count). The monoisotopic (exact) mass is 295 g/mol. The average molecular weight is 295 g/mol. The van der Waals surface area contributed by atoms with Gasteiger partial charge in [0.2, 0.25) is 5.91 Å². The Hall–Kier alpha value is -0.660. The van der Waals surface area contributed by atoms with E-state index in [1.807, 2.05) is 16.7 Å². The zero-order valence-electron chi connectivity index (χ0n) is 12.2. The summed E-state index contributed by atoms with van der Waals surface area (Å²) < 4.78 is 5.39. The highest BCUT2D eigenvalue weighted by molar-refractivity contribution is 8.00. The molecule has 2 fully saturated rings. The van der Waals surface area contributed by atoms with Gasteiger partial charge in [-0.2, -0.15) is 0 Å². The predicted molar refractivity (Wildman–Crippen MR) is 83.7 cm³/mol. The van der Waals surface area contributed by atoms with Crippen LogP contribution in [0.15, 0.2) is 0 Å². The molecule has 0 unspecified atom stereocenters. The number of hydrogen-bond donors (Lipinski definition) is 0. The van der Waals surface area contributed by atoms with E-state index < -0.39 is 0 Å². The van der Waals surface area contributed by atoms with Crippen molar-refractivity contribution in [3.8, 4) is 12.3 Å². The molecule has 1 aliphatic heterocycles. The van der Waals surface area contributed by atoms with E-state index in [4.69, 9.17) is 11.2 Å². The summed E-state index contributed by atoms with van der Waals surface area (Å²) in [5.41, 5.74) is 0. The molecule has 0 N–H and O–H groups in total. The standard InChI is InChI=1S/C16H25NO2S/c1-2-11-19-12-14-7-9-17(10-8-14)16(18)13-20-15-5-3-4-6-15/h1,14-15H,3-13H2. The fourth-order valence-electron chi connectivity index (χ4n) is 2.97. The molecule has 1 saturated heterocycles. The van der Waals surface area contributed by atoms with Crippen LogP contribution >= 0.6 is 11.8 Å². The van der Waals surface area contributed by atoms with Crippen LogP contribution in [-0.4, -0.2) is 48.1 Å². The van der Waals surface area contributed by atoms with Crippen molar-refractivity contribution in [2.24, 2.45) is 5.92 Å². The number of carbonyl (C=O) groups is 1. The van der Waals surface area contributed by atoms with Gasteiger partial charge in [0.25, 0.3) is 0 Å². The van der Waals surface area contributed by atoms with Crippen molar-refractivity contribution in [3.05, 3.63) is 0 Å². The van der Waals surface area contributed by atoms with Gasteiger partial charge in [-0.15, -0.1) is 18.2 Å². The first-order chi connectivity index (χ1) is 9.79. The number of rotatable bonds is 6. The maximum Gasteiger partial charge on any atom is 0.232 e. The molecule has 0 bridgehead atoms. The zero-order valence-corrected chi connectivity index (χ0v) is 13.0. The van der Waals surface area contributed by atoms with E-state index >= 15 is 0 Å². The molecule has 2 aliphatic rings. The van der Waals surface area contributed by atoms with Gasteiger partial charge >= 0.3 is 0 Å². The van der Waals surface area contributed by atoms with E-state index in [1.165, 1.54) is 25.7 Å². The van der Waals surface area contributed by atoms with Gasteiger partial charge in [-0.3, -0.25) is 4.79 Å². The zero-order chi connectivity index (χ0) is 14.2. The molecule has 0 spiro atoms. The lowest BCUT2D eigenvalue weighted by molar-refractivity contribution is -0.130. The maximum atomic E-state index is 12.2. The molecule has 3 nitrogen and oxygen atoms in total. The van der Waals surface area contributed by atoms with Crippen molar-refractivity contribution in [3.63, 3.8) is 0 Å². The summed E-state index contributed by atoms with van der Waals surface area (Å²) in [5.74, 6) is 4.05. The number of amides is 1. The predicted octanol–water partition coefficient (Wildman–Crippen LogP) is 2.55. The number of carbonyl (C=O) groups excluding carboxylic acids is 1. The van der Waals surface area contributed by atoms with Crippen LogP contribution in [0.2, 0.25) is 0 Å². The highest BCUT2D eigenvalue weighted by atomic mass is 32.2. The Balaban J connectivity index is 1.60. The summed E-state index contributed by atoms with van der Waals surface area (Å²) in [6.45, 7) is 2.91. The van der Waals surface area contributed by atoms with E-state index in [0.717, 1.165) is 37.8 Å². The van der Waals surface area contributed by atoms with Gasteiger partial charge in [-0.25, -0.2) is 0 Å². The van der Waals surface area contributed by atoms with E-state index in [1.54, 1.807) is 0 Å². The first-order valence-electron chi connectivity index (χ1n) is 7.70. The van der Waals surface area contributed by atoms with E-state index in [0.29, 0.717) is 24.2 Å². The van der Waals surface area contributed by atoms with Crippen molar-refractivity contribution in [1.29, 1.82) is 0 Å². The average Bonchev–Trinajstić information content (AvgIpc) is 2.99. The molecule has 0 radical (unpaired) electrons. The molecule has 20 heavy (non-hydrogen) atoms. The van der Waals surface area contributed by atoms with Gasteiger partial charge in [-0.1, -0.05) is 18.8 Å². The Bertz CT molecular complexity index is 339. The van der Waals surface area contributed by atoms with Crippen LogP contribution in [0.3, 0.4) is 0 Å². The third-order valence-electron chi connectivity index (χ3n) is 4.25. The minimum Gasteiger partial charge on any atom is -0.369 e. The van der Waals surface area contributed by atoms with Crippen molar-refractivity contribution in [1.82, 2.24) is 4.90 Å². The highest BCUT2D eigenvalue weighted by Gasteiger charge is 2.24. The van der Waals surface area contributed by atoms with Crippen LogP contribution < -0.4 is 0 Å². The van der Waals surface area contributed by atoms with Crippen LogP contribution in [0.1, 0.15) is 38.5 Å². The summed E-state index contributed by atoms with van der Waals surface area (Å²) >= 11 is 1.87. The number of piperidine rings is 1. The Morgan fingerprint density at radius 3 is 2.60 bits per heavy atom. The smallest absolute Gasteiger partial charge is 0.232 e. The van der Waals surface area contributed by atoms with Gasteiger partial charge in [0.05, 0.1) is 12.4 Å². The van der Waals surface area contributed by atoms with Crippen molar-refractivity contribution in [2.45, 2.75) is 43.8 Å². The number of ether oxygens (including phenoxy) is 1. The summed E-state index contributed by atoms with van der Waals surface area (Å²) in [6, 6.07) is 0. The first kappa shape index (κ1) is 15.7. The fourth-order valence-corrected chi connectivity index (χ4v) is 4.20. The molecule has 4 heteroatoms. The quantitative estimate of drug-likeness (QED) is 0.557. The minimum atomic E-state index is 0.324. The molecule has 0 aromatic rings. The lowest BCUT2D eigenvalue weighted by Gasteiger charge is -2.32. The third kappa shape index (κ3) is 5.03. The molecule has 0 atom stereocenters. The van der Waals surface area contributed by atoms with Crippen LogP contribution in [-0.2, 0) is 9.53 Å². The van der Waals surface area contributed by atoms with Gasteiger partial charge in [0, 0.05) is 18.3 Å². The van der Waals surface area contributed by atoms with E-state index in [-0.39, 0.29) is 0 Å². The lowest BCUT2D eigenvalue weighted by atomic mass is 9.98. The second-order valence-electron chi connectivity index (χ2n) is 5.76. The number of hydrogen-bond acceptors (Lipinski definition) is 3. The van der Waals surface area contributed by atoms with Crippen molar-refractivity contribution >= 4 is 17.7 Å². The Kier molecular flexibility index (Phi) is 6.75. The minimum absolute atomic E-state index is 0.324. The topological polar surface area (TPSA) is 29.5 Å². The lowest BCUT2D eigenvalue weighted by Crippen LogP contribution is -2.40. The summed E-state index contributed by atoms with van der Waals surface area (Å²) in [6.07, 6.45) is 12.5. The molecule has 0 aromatic heterocycles. The highest BCUT2D eigenvalue weighted by Crippen LogP contribution is 2.29. The second-order valence-corrected chi connectivity index (χ2v) is 7.05. The molecule has 1 saturated carbocycles. The van der Waals surface area contributed by atoms with Crippen LogP contribution in [0.25, 0.3) is 0 Å². The van der Waals surface area contributed by atoms with Crippen molar-refractivity contribution in [2.75, 3.05) is 32.1 Å². The third-order valence-corrected chi connectivity index (χ3v) is 5.61. The van der Waals surface area contributed by atoms with E-state index in [2.05, 4.69) is 5.92 Å². The molecule has 1 aliphatic carbocycles. The summed E-state index contributed by atoms with van der Waals surface area (Å²) in [5, 5.41) is 0.730. The van der Waals surface area contributed by atoms with Gasteiger partial charge in [0.1, 0.15) is 6.61 Å². The largest absolute Gasteiger partial charge is 0.369 e. The summed E-state index contributed by atoms with van der Waals surface area (Å²) in [7, 11) is 0. The number of terminal acetylenes is 1. The van der Waals surface area contributed by atoms with E-state index in [9.17, 15) is 4.79 Å².